The summed E-state index contributed by atoms with van der Waals surface area (Å²) in [6.07, 6.45) is 0.940. The molecular formula is C7H7BrClNO. The van der Waals surface area contributed by atoms with Crippen molar-refractivity contribution in [3.05, 3.63) is 27.5 Å². The van der Waals surface area contributed by atoms with E-state index >= 15 is 0 Å². The van der Waals surface area contributed by atoms with E-state index in [2.05, 4.69) is 20.9 Å². The Labute approximate surface area is 78.3 Å². The third kappa shape index (κ3) is 2.15. The summed E-state index contributed by atoms with van der Waals surface area (Å²) in [5.74, 6) is 0. The number of rotatable bonds is 1. The molecule has 0 aromatic carbocycles. The monoisotopic (exact) mass is 235 g/mol. The highest BCUT2D eigenvalue weighted by atomic mass is 79.9. The molecule has 0 aliphatic carbocycles. The second-order valence-electron chi connectivity index (χ2n) is 2.20. The van der Waals surface area contributed by atoms with E-state index in [0.29, 0.717) is 10.7 Å². The predicted molar refractivity (Wildman–Crippen MR) is 47.6 cm³/mol. The standard InChI is InChI=1S/C7H7BrClNO/c1-4(11)7-6(8)2-5(9)3-10-7/h2-4,11H,1H3/t4-/m1/s1. The second kappa shape index (κ2) is 3.52. The minimum atomic E-state index is -0.568. The van der Waals surface area contributed by atoms with Crippen LogP contribution < -0.4 is 0 Å². The Morgan fingerprint density at radius 2 is 2.36 bits per heavy atom. The molecule has 0 unspecified atom stereocenters. The Hall–Kier alpha value is -0.120. The SMILES string of the molecule is C[C@@H](O)c1ncc(Cl)cc1Br. The van der Waals surface area contributed by atoms with E-state index < -0.39 is 6.10 Å². The molecule has 0 fully saturated rings. The average Bonchev–Trinajstić information content (AvgIpc) is 1.85. The van der Waals surface area contributed by atoms with Gasteiger partial charge in [0.25, 0.3) is 0 Å². The van der Waals surface area contributed by atoms with Crippen molar-refractivity contribution in [2.45, 2.75) is 13.0 Å². The van der Waals surface area contributed by atoms with Crippen LogP contribution in [0.1, 0.15) is 18.7 Å². The van der Waals surface area contributed by atoms with E-state index in [0.717, 1.165) is 4.47 Å². The molecule has 0 amide bonds. The Balaban J connectivity index is 3.09. The van der Waals surface area contributed by atoms with E-state index in [-0.39, 0.29) is 0 Å². The zero-order valence-electron chi connectivity index (χ0n) is 5.88. The average molecular weight is 236 g/mol. The quantitative estimate of drug-likeness (QED) is 0.813. The largest absolute Gasteiger partial charge is 0.387 e. The molecule has 11 heavy (non-hydrogen) atoms. The number of halogens is 2. The number of aliphatic hydroxyl groups is 1. The van der Waals surface area contributed by atoms with Gasteiger partial charge in [0, 0.05) is 10.7 Å². The van der Waals surface area contributed by atoms with Gasteiger partial charge in [-0.2, -0.15) is 0 Å². The molecule has 0 radical (unpaired) electrons. The molecule has 60 valence electrons. The molecule has 1 atom stereocenters. The zero-order chi connectivity index (χ0) is 8.43. The van der Waals surface area contributed by atoms with Crippen LogP contribution in [0.5, 0.6) is 0 Å². The van der Waals surface area contributed by atoms with Crippen molar-refractivity contribution in [3.63, 3.8) is 0 Å². The van der Waals surface area contributed by atoms with Crippen LogP contribution in [0.25, 0.3) is 0 Å². The number of aliphatic hydroxyl groups excluding tert-OH is 1. The van der Waals surface area contributed by atoms with Crippen molar-refractivity contribution < 1.29 is 5.11 Å². The zero-order valence-corrected chi connectivity index (χ0v) is 8.22. The molecule has 1 N–H and O–H groups in total. The molecular weight excluding hydrogens is 229 g/mol. The van der Waals surface area contributed by atoms with Crippen molar-refractivity contribution in [1.82, 2.24) is 4.98 Å². The molecule has 0 saturated carbocycles. The Morgan fingerprint density at radius 1 is 1.73 bits per heavy atom. The molecule has 0 spiro atoms. The van der Waals surface area contributed by atoms with Gasteiger partial charge in [-0.25, -0.2) is 0 Å². The van der Waals surface area contributed by atoms with E-state index in [1.807, 2.05) is 0 Å². The lowest BCUT2D eigenvalue weighted by molar-refractivity contribution is 0.193. The van der Waals surface area contributed by atoms with Gasteiger partial charge >= 0.3 is 0 Å². The highest BCUT2D eigenvalue weighted by molar-refractivity contribution is 9.10. The summed E-state index contributed by atoms with van der Waals surface area (Å²) in [6.45, 7) is 1.65. The lowest BCUT2D eigenvalue weighted by Gasteiger charge is -2.05. The van der Waals surface area contributed by atoms with Crippen LogP contribution in [0, 0.1) is 0 Å². The molecule has 4 heteroatoms. The fourth-order valence-corrected chi connectivity index (χ4v) is 1.70. The summed E-state index contributed by atoms with van der Waals surface area (Å²) >= 11 is 8.89. The molecule has 1 rings (SSSR count). The minimum Gasteiger partial charge on any atom is -0.387 e. The van der Waals surface area contributed by atoms with E-state index in [9.17, 15) is 0 Å². The first-order chi connectivity index (χ1) is 5.11. The van der Waals surface area contributed by atoms with Gasteiger partial charge in [-0.15, -0.1) is 0 Å². The highest BCUT2D eigenvalue weighted by Gasteiger charge is 2.06. The van der Waals surface area contributed by atoms with Crippen LogP contribution in [0.3, 0.4) is 0 Å². The summed E-state index contributed by atoms with van der Waals surface area (Å²) in [5, 5.41) is 9.72. The molecule has 0 aliphatic heterocycles. The van der Waals surface area contributed by atoms with E-state index in [4.69, 9.17) is 16.7 Å². The van der Waals surface area contributed by atoms with Gasteiger partial charge in [-0.3, -0.25) is 4.98 Å². The van der Waals surface area contributed by atoms with Crippen LogP contribution >= 0.6 is 27.5 Å². The van der Waals surface area contributed by atoms with Crippen LogP contribution in [0.4, 0.5) is 0 Å². The third-order valence-electron chi connectivity index (χ3n) is 1.23. The molecule has 0 saturated heterocycles. The Kier molecular flexibility index (Phi) is 2.87. The molecule has 0 bridgehead atoms. The predicted octanol–water partition coefficient (Wildman–Crippen LogP) is 2.55. The molecule has 0 aliphatic rings. The number of pyridine rings is 1. The molecule has 1 aromatic rings. The molecule has 2 nitrogen and oxygen atoms in total. The first kappa shape index (κ1) is 8.97. The van der Waals surface area contributed by atoms with Crippen LogP contribution in [0.2, 0.25) is 5.02 Å². The lowest BCUT2D eigenvalue weighted by atomic mass is 10.2. The van der Waals surface area contributed by atoms with Crippen molar-refractivity contribution >= 4 is 27.5 Å². The summed E-state index contributed by atoms with van der Waals surface area (Å²) < 4.78 is 0.736. The van der Waals surface area contributed by atoms with Crippen molar-refractivity contribution in [2.75, 3.05) is 0 Å². The summed E-state index contributed by atoms with van der Waals surface area (Å²) in [4.78, 5) is 3.95. The van der Waals surface area contributed by atoms with Crippen LogP contribution in [-0.2, 0) is 0 Å². The fourth-order valence-electron chi connectivity index (χ4n) is 0.733. The van der Waals surface area contributed by atoms with E-state index in [1.165, 1.54) is 6.20 Å². The van der Waals surface area contributed by atoms with Gasteiger partial charge < -0.3 is 5.11 Å². The number of nitrogens with zero attached hydrogens (tertiary/aromatic N) is 1. The van der Waals surface area contributed by atoms with Crippen LogP contribution in [0.15, 0.2) is 16.7 Å². The first-order valence-electron chi connectivity index (χ1n) is 3.10. The van der Waals surface area contributed by atoms with Gasteiger partial charge in [0.2, 0.25) is 0 Å². The number of hydrogen-bond acceptors (Lipinski definition) is 2. The fraction of sp³-hybridized carbons (Fsp3) is 0.286. The van der Waals surface area contributed by atoms with Crippen LogP contribution in [-0.4, -0.2) is 10.1 Å². The maximum atomic E-state index is 9.16. The lowest BCUT2D eigenvalue weighted by Crippen LogP contribution is -1.95. The third-order valence-corrected chi connectivity index (χ3v) is 2.07. The van der Waals surface area contributed by atoms with Crippen molar-refractivity contribution in [2.24, 2.45) is 0 Å². The Morgan fingerprint density at radius 3 is 2.82 bits per heavy atom. The number of hydrogen-bond donors (Lipinski definition) is 1. The minimum absolute atomic E-state index is 0.557. The maximum absolute atomic E-state index is 9.16. The van der Waals surface area contributed by atoms with Gasteiger partial charge in [0.05, 0.1) is 16.8 Å². The Bertz CT molecular complexity index is 265. The van der Waals surface area contributed by atoms with Gasteiger partial charge in [0.1, 0.15) is 0 Å². The van der Waals surface area contributed by atoms with Gasteiger partial charge in [-0.1, -0.05) is 11.6 Å². The maximum Gasteiger partial charge on any atom is 0.0943 e. The van der Waals surface area contributed by atoms with E-state index in [1.54, 1.807) is 13.0 Å². The summed E-state index contributed by atoms with van der Waals surface area (Å²) in [5.41, 5.74) is 0.606. The normalized spacial score (nSPS) is 13.1. The highest BCUT2D eigenvalue weighted by Crippen LogP contribution is 2.23. The van der Waals surface area contributed by atoms with Crippen molar-refractivity contribution in [1.29, 1.82) is 0 Å². The van der Waals surface area contributed by atoms with Gasteiger partial charge in [0.15, 0.2) is 0 Å². The smallest absolute Gasteiger partial charge is 0.0943 e. The topological polar surface area (TPSA) is 33.1 Å². The van der Waals surface area contributed by atoms with Crippen molar-refractivity contribution in [3.8, 4) is 0 Å². The number of aromatic nitrogens is 1. The molecule has 1 heterocycles. The summed E-state index contributed by atoms with van der Waals surface area (Å²) in [7, 11) is 0. The molecule has 1 aromatic heterocycles. The van der Waals surface area contributed by atoms with Gasteiger partial charge in [-0.05, 0) is 28.9 Å². The first-order valence-corrected chi connectivity index (χ1v) is 4.27. The summed E-state index contributed by atoms with van der Waals surface area (Å²) in [6, 6.07) is 1.70. The second-order valence-corrected chi connectivity index (χ2v) is 3.49.